The molecule has 0 N–H and O–H groups in total. The highest BCUT2D eigenvalue weighted by Gasteiger charge is 2.58. The van der Waals surface area contributed by atoms with Crippen LogP contribution < -0.4 is 0 Å². The summed E-state index contributed by atoms with van der Waals surface area (Å²) in [7, 11) is 2.79. The summed E-state index contributed by atoms with van der Waals surface area (Å²) in [5.41, 5.74) is -2.83. The first-order chi connectivity index (χ1) is 8.35. The topological polar surface area (TPSA) is 0 Å². The third kappa shape index (κ3) is 1.55. The van der Waals surface area contributed by atoms with Gasteiger partial charge >= 0.3 is 5.51 Å². The van der Waals surface area contributed by atoms with Crippen LogP contribution in [0.2, 0.25) is 0 Å². The Kier molecular flexibility index (Phi) is 2.55. The summed E-state index contributed by atoms with van der Waals surface area (Å²) >= 11 is 0. The van der Waals surface area contributed by atoms with Gasteiger partial charge in [0, 0.05) is 4.90 Å². The first kappa shape index (κ1) is 12.4. The van der Waals surface area contributed by atoms with Crippen molar-refractivity contribution in [1.82, 2.24) is 0 Å². The molecular weight excluding hydrogens is 281 g/mol. The Balaban J connectivity index is 2.24. The van der Waals surface area contributed by atoms with E-state index in [9.17, 15) is 13.2 Å². The molecule has 1 fully saturated rings. The third-order valence-electron chi connectivity index (χ3n) is 3.50. The molecule has 0 nitrogen and oxygen atoms in total. The van der Waals surface area contributed by atoms with E-state index in [1.165, 1.54) is 6.07 Å². The Bertz CT molecular complexity index is 546. The zero-order valence-corrected chi connectivity index (χ0v) is 11.3. The summed E-state index contributed by atoms with van der Waals surface area (Å²) in [5, 5.41) is 0. The van der Waals surface area contributed by atoms with Crippen molar-refractivity contribution in [3.05, 3.63) is 34.2 Å². The molecule has 1 atom stereocenters. The zero-order valence-electron chi connectivity index (χ0n) is 9.72. The fourth-order valence-electron chi connectivity index (χ4n) is 2.41. The number of allylic oxidation sites excluding steroid dienone is 1. The van der Waals surface area contributed by atoms with E-state index >= 15 is 0 Å². The van der Waals surface area contributed by atoms with Gasteiger partial charge < -0.3 is 0 Å². The minimum atomic E-state index is -4.37. The highest BCUT2D eigenvalue weighted by Crippen LogP contribution is 2.82. The lowest BCUT2D eigenvalue weighted by Gasteiger charge is -2.34. The van der Waals surface area contributed by atoms with E-state index in [1.807, 2.05) is 13.0 Å². The van der Waals surface area contributed by atoms with Crippen LogP contribution in [0.5, 0.6) is 0 Å². The maximum atomic E-state index is 13.5. The van der Waals surface area contributed by atoms with Crippen LogP contribution in [0.1, 0.15) is 24.0 Å². The van der Waals surface area contributed by atoms with E-state index in [1.54, 1.807) is 12.1 Å². The molecule has 1 aromatic rings. The molecule has 98 valence electrons. The highest BCUT2D eigenvalue weighted by molar-refractivity contribution is 8.54. The number of halogens is 4. The van der Waals surface area contributed by atoms with Crippen molar-refractivity contribution < 1.29 is 13.2 Å². The number of hydrogen-bond donors (Lipinski definition) is 0. The van der Waals surface area contributed by atoms with Gasteiger partial charge in [-0.05, 0) is 73.8 Å². The first-order valence-electron chi connectivity index (χ1n) is 5.76. The largest absolute Gasteiger partial charge is 0.445 e. The van der Waals surface area contributed by atoms with E-state index in [2.05, 4.69) is 0 Å². The molecule has 18 heavy (non-hydrogen) atoms. The maximum Gasteiger partial charge on any atom is 0.445 e. The van der Waals surface area contributed by atoms with Crippen molar-refractivity contribution in [2.75, 3.05) is 0 Å². The van der Waals surface area contributed by atoms with Gasteiger partial charge in [-0.3, -0.25) is 0 Å². The second-order valence-electron chi connectivity index (χ2n) is 4.79. The predicted octanol–water partition coefficient (Wildman–Crippen LogP) is 5.60. The molecule has 0 bridgehead atoms. The number of hydrogen-bond acceptors (Lipinski definition) is 0. The van der Waals surface area contributed by atoms with Crippen molar-refractivity contribution in [3.63, 3.8) is 0 Å². The van der Waals surface area contributed by atoms with Gasteiger partial charge in [0.2, 0.25) is 0 Å². The summed E-state index contributed by atoms with van der Waals surface area (Å²) in [4.78, 5) is 0.694. The smallest absolute Gasteiger partial charge is 0.160 e. The van der Waals surface area contributed by atoms with Gasteiger partial charge in [0.25, 0.3) is 0 Å². The second-order valence-corrected chi connectivity index (χ2v) is 8.63. The third-order valence-corrected chi connectivity index (χ3v) is 7.76. The minimum Gasteiger partial charge on any atom is -0.160 e. The van der Waals surface area contributed by atoms with Crippen LogP contribution in [0, 0.1) is 12.8 Å². The van der Waals surface area contributed by atoms with Crippen LogP contribution in [0.4, 0.5) is 13.2 Å². The molecule has 1 saturated carbocycles. The van der Waals surface area contributed by atoms with Crippen LogP contribution in [-0.4, -0.2) is 5.51 Å². The van der Waals surface area contributed by atoms with E-state index in [-0.39, 0.29) is 10.8 Å². The van der Waals surface area contributed by atoms with Gasteiger partial charge in [-0.1, -0.05) is 12.1 Å². The van der Waals surface area contributed by atoms with Gasteiger partial charge in [-0.15, -0.1) is 0 Å². The number of benzene rings is 1. The summed E-state index contributed by atoms with van der Waals surface area (Å²) in [6.45, 7) is 1.83. The molecule has 1 aromatic carbocycles. The maximum absolute atomic E-state index is 13.5. The van der Waals surface area contributed by atoms with Crippen LogP contribution in [0.25, 0.3) is 6.08 Å². The monoisotopic (exact) mass is 292 g/mol. The van der Waals surface area contributed by atoms with Crippen LogP contribution >= 0.6 is 19.9 Å². The Labute approximate surface area is 110 Å². The molecule has 3 rings (SSSR count). The number of rotatable bonds is 1. The Morgan fingerprint density at radius 1 is 1.28 bits per heavy atom. The van der Waals surface area contributed by atoms with Gasteiger partial charge in [0.15, 0.2) is 0 Å². The number of alkyl halides is 3. The molecule has 1 heterocycles. The fourth-order valence-corrected chi connectivity index (χ4v) is 5.86. The molecule has 1 aliphatic carbocycles. The molecule has 0 aromatic heterocycles. The average Bonchev–Trinajstić information content (AvgIpc) is 3.05. The Morgan fingerprint density at radius 2 is 1.94 bits per heavy atom. The summed E-state index contributed by atoms with van der Waals surface area (Å²) in [6, 6.07) is 5.02. The molecule has 1 aliphatic heterocycles. The molecule has 0 radical (unpaired) electrons. The molecule has 5 heteroatoms. The fraction of sp³-hybridized carbons (Fsp3) is 0.385. The molecule has 0 spiro atoms. The molecular formula is C13H12ClF3S. The number of aryl methyl sites for hydroxylation is 1. The summed E-state index contributed by atoms with van der Waals surface area (Å²) in [5.74, 6) is 0.0333. The van der Waals surface area contributed by atoms with Gasteiger partial charge in [-0.2, -0.15) is 13.2 Å². The predicted molar refractivity (Wildman–Crippen MR) is 69.6 cm³/mol. The average molecular weight is 293 g/mol. The minimum absolute atomic E-state index is 0.0333. The van der Waals surface area contributed by atoms with Crippen LogP contribution in [-0.2, 0) is 0 Å². The van der Waals surface area contributed by atoms with Gasteiger partial charge in [0.1, 0.15) is 0 Å². The Hall–Kier alpha value is -0.610. The van der Waals surface area contributed by atoms with E-state index in [0.29, 0.717) is 10.5 Å². The van der Waals surface area contributed by atoms with Crippen LogP contribution in [0.15, 0.2) is 28.0 Å². The second kappa shape index (κ2) is 3.70. The van der Waals surface area contributed by atoms with Crippen molar-refractivity contribution in [1.29, 1.82) is 0 Å². The number of fused-ring (bicyclic) bond motifs is 1. The van der Waals surface area contributed by atoms with Crippen molar-refractivity contribution in [2.45, 2.75) is 30.2 Å². The lowest BCUT2D eigenvalue weighted by atomic mass is 10.1. The standard InChI is InChI=1S/C13H12ClF3S/c1-8-3-2-4-11-10(8)7-12(9-5-6-9)18(11,14)13(15,16)17/h2-4,7,9H,5-6H2,1H3. The first-order valence-corrected chi connectivity index (χ1v) is 8.22. The van der Waals surface area contributed by atoms with Crippen molar-refractivity contribution >= 4 is 26.0 Å². The normalized spacial score (nSPS) is 30.6. The van der Waals surface area contributed by atoms with Crippen molar-refractivity contribution in [2.24, 2.45) is 5.92 Å². The van der Waals surface area contributed by atoms with Gasteiger partial charge in [-0.25, -0.2) is 0 Å². The lowest BCUT2D eigenvalue weighted by molar-refractivity contribution is -0.0360. The van der Waals surface area contributed by atoms with E-state index in [0.717, 1.165) is 18.4 Å². The van der Waals surface area contributed by atoms with Crippen LogP contribution in [0.3, 0.4) is 0 Å². The van der Waals surface area contributed by atoms with E-state index in [4.69, 9.17) is 10.7 Å². The van der Waals surface area contributed by atoms with Crippen molar-refractivity contribution in [3.8, 4) is 0 Å². The molecule has 0 amide bonds. The molecule has 1 unspecified atom stereocenters. The lowest BCUT2D eigenvalue weighted by Crippen LogP contribution is -2.17. The Morgan fingerprint density at radius 3 is 2.50 bits per heavy atom. The quantitative estimate of drug-likeness (QED) is 0.632. The van der Waals surface area contributed by atoms with Gasteiger partial charge in [0.05, 0.1) is 0 Å². The highest BCUT2D eigenvalue weighted by atomic mass is 35.7. The van der Waals surface area contributed by atoms with E-state index < -0.39 is 14.7 Å². The zero-order chi connectivity index (χ0) is 13.1. The summed E-state index contributed by atoms with van der Waals surface area (Å²) < 4.78 is 40.4. The molecule has 0 saturated heterocycles. The SMILES string of the molecule is Cc1cccc2c1C=C(C1CC1)S2(Cl)C(F)(F)F. The molecule has 2 aliphatic rings. The summed E-state index contributed by atoms with van der Waals surface area (Å²) in [6.07, 6.45) is 3.35.